The molecule has 1 aromatic carbocycles. The Bertz CT molecular complexity index is 439. The number of nitrogens with one attached hydrogen (secondary N) is 2. The summed E-state index contributed by atoms with van der Waals surface area (Å²) in [5, 5.41) is 6.03. The predicted octanol–water partition coefficient (Wildman–Crippen LogP) is 3.15. The van der Waals surface area contributed by atoms with Gasteiger partial charge in [-0.25, -0.2) is 4.39 Å². The lowest BCUT2D eigenvalue weighted by molar-refractivity contribution is -0.122. The van der Waals surface area contributed by atoms with Gasteiger partial charge >= 0.3 is 0 Å². The lowest BCUT2D eigenvalue weighted by Crippen LogP contribution is -2.43. The summed E-state index contributed by atoms with van der Waals surface area (Å²) < 4.78 is 13.6. The maximum absolute atomic E-state index is 13.2. The number of hydrogen-bond acceptors (Lipinski definition) is 2. The summed E-state index contributed by atoms with van der Waals surface area (Å²) >= 11 is 3.16. The number of amides is 1. The van der Waals surface area contributed by atoms with E-state index in [9.17, 15) is 9.18 Å². The van der Waals surface area contributed by atoms with Crippen molar-refractivity contribution in [3.05, 3.63) is 34.1 Å². The number of rotatable bonds is 6. The maximum Gasteiger partial charge on any atom is 0.236 e. The summed E-state index contributed by atoms with van der Waals surface area (Å²) in [6.07, 6.45) is 0.916. The lowest BCUT2D eigenvalue weighted by Gasteiger charge is -2.20. The van der Waals surface area contributed by atoms with E-state index >= 15 is 0 Å². The molecule has 0 aliphatic heterocycles. The van der Waals surface area contributed by atoms with Crippen LogP contribution >= 0.6 is 15.9 Å². The number of hydrogen-bond donors (Lipinski definition) is 2. The van der Waals surface area contributed by atoms with Crippen LogP contribution in [0.15, 0.2) is 22.7 Å². The average Bonchev–Trinajstić information content (AvgIpc) is 2.38. The summed E-state index contributed by atoms with van der Waals surface area (Å²) in [4.78, 5) is 11.7. The van der Waals surface area contributed by atoms with Gasteiger partial charge in [0.1, 0.15) is 5.82 Å². The van der Waals surface area contributed by atoms with Crippen molar-refractivity contribution in [2.75, 3.05) is 6.54 Å². The van der Waals surface area contributed by atoms with E-state index in [2.05, 4.69) is 26.6 Å². The summed E-state index contributed by atoms with van der Waals surface area (Å²) in [7, 11) is 0. The Kier molecular flexibility index (Phi) is 6.45. The van der Waals surface area contributed by atoms with Crippen molar-refractivity contribution in [3.8, 4) is 0 Å². The Morgan fingerprint density at radius 1 is 1.42 bits per heavy atom. The zero-order valence-corrected chi connectivity index (χ0v) is 13.1. The molecule has 1 aromatic rings. The molecule has 0 aliphatic carbocycles. The molecule has 0 aliphatic rings. The second-order valence-electron chi connectivity index (χ2n) is 4.57. The first-order chi connectivity index (χ1) is 8.95. The Labute approximate surface area is 122 Å². The first-order valence-electron chi connectivity index (χ1n) is 6.44. The van der Waals surface area contributed by atoms with Gasteiger partial charge in [0.05, 0.1) is 10.5 Å². The van der Waals surface area contributed by atoms with E-state index in [1.807, 2.05) is 20.8 Å². The Morgan fingerprint density at radius 2 is 2.11 bits per heavy atom. The highest BCUT2D eigenvalue weighted by Crippen LogP contribution is 2.21. The first kappa shape index (κ1) is 16.1. The Balaban J connectivity index is 2.60. The fraction of sp³-hybridized carbons (Fsp3) is 0.500. The van der Waals surface area contributed by atoms with Crippen LogP contribution in [0, 0.1) is 5.82 Å². The lowest BCUT2D eigenvalue weighted by atomic mass is 10.1. The average molecular weight is 331 g/mol. The Morgan fingerprint density at radius 3 is 2.68 bits per heavy atom. The summed E-state index contributed by atoms with van der Waals surface area (Å²) in [5.74, 6) is -0.306. The van der Waals surface area contributed by atoms with Crippen molar-refractivity contribution in [3.63, 3.8) is 0 Å². The van der Waals surface area contributed by atoms with Crippen LogP contribution in [0.1, 0.15) is 38.8 Å². The molecule has 2 atom stereocenters. The molecule has 5 heteroatoms. The van der Waals surface area contributed by atoms with E-state index in [0.717, 1.165) is 12.0 Å². The quantitative estimate of drug-likeness (QED) is 0.841. The van der Waals surface area contributed by atoms with E-state index in [0.29, 0.717) is 11.0 Å². The van der Waals surface area contributed by atoms with Gasteiger partial charge in [0.2, 0.25) is 5.91 Å². The van der Waals surface area contributed by atoms with Gasteiger partial charge in [-0.15, -0.1) is 0 Å². The van der Waals surface area contributed by atoms with E-state index in [4.69, 9.17) is 0 Å². The number of carbonyl (C=O) groups excluding carboxylic acids is 1. The van der Waals surface area contributed by atoms with Crippen molar-refractivity contribution in [2.45, 2.75) is 39.3 Å². The third kappa shape index (κ3) is 4.91. The van der Waals surface area contributed by atoms with E-state index in [1.165, 1.54) is 6.07 Å². The van der Waals surface area contributed by atoms with Crippen LogP contribution in [0.4, 0.5) is 4.39 Å². The van der Waals surface area contributed by atoms with Crippen molar-refractivity contribution in [1.29, 1.82) is 0 Å². The SMILES string of the molecule is CCCNC(=O)C(C)NC(C)c1ccc(F)c(Br)c1. The van der Waals surface area contributed by atoms with Crippen LogP contribution in [0.25, 0.3) is 0 Å². The van der Waals surface area contributed by atoms with Crippen LogP contribution in [-0.4, -0.2) is 18.5 Å². The zero-order valence-electron chi connectivity index (χ0n) is 11.5. The molecule has 2 unspecified atom stereocenters. The molecule has 0 fully saturated rings. The van der Waals surface area contributed by atoms with E-state index < -0.39 is 0 Å². The number of benzene rings is 1. The van der Waals surface area contributed by atoms with E-state index in [1.54, 1.807) is 12.1 Å². The van der Waals surface area contributed by atoms with Crippen molar-refractivity contribution in [2.24, 2.45) is 0 Å². The molecular formula is C14H20BrFN2O. The molecule has 0 spiro atoms. The van der Waals surface area contributed by atoms with Crippen LogP contribution in [0.3, 0.4) is 0 Å². The summed E-state index contributed by atoms with van der Waals surface area (Å²) in [6, 6.07) is 4.54. The Hall–Kier alpha value is -0.940. The second-order valence-corrected chi connectivity index (χ2v) is 5.43. The van der Waals surface area contributed by atoms with Crippen LogP contribution < -0.4 is 10.6 Å². The molecule has 0 radical (unpaired) electrons. The molecule has 0 heterocycles. The third-order valence-corrected chi connectivity index (χ3v) is 3.49. The second kappa shape index (κ2) is 7.60. The molecule has 19 heavy (non-hydrogen) atoms. The minimum Gasteiger partial charge on any atom is -0.355 e. The molecule has 1 rings (SSSR count). The fourth-order valence-corrected chi connectivity index (χ4v) is 2.13. The fourth-order valence-electron chi connectivity index (χ4n) is 1.73. The summed E-state index contributed by atoms with van der Waals surface area (Å²) in [5.41, 5.74) is 0.934. The molecule has 106 valence electrons. The molecule has 3 nitrogen and oxygen atoms in total. The predicted molar refractivity (Wildman–Crippen MR) is 78.4 cm³/mol. The molecule has 0 saturated heterocycles. The standard InChI is InChI=1S/C14H20BrFN2O/c1-4-7-17-14(19)10(3)18-9(2)11-5-6-13(16)12(15)8-11/h5-6,8-10,18H,4,7H2,1-3H3,(H,17,19). The van der Waals surface area contributed by atoms with Crippen molar-refractivity contribution >= 4 is 21.8 Å². The number of halogens is 2. The van der Waals surface area contributed by atoms with Gasteiger partial charge in [-0.2, -0.15) is 0 Å². The van der Waals surface area contributed by atoms with Gasteiger partial charge in [-0.1, -0.05) is 13.0 Å². The zero-order chi connectivity index (χ0) is 14.4. The minimum atomic E-state index is -0.287. The molecule has 0 saturated carbocycles. The van der Waals surface area contributed by atoms with E-state index in [-0.39, 0.29) is 23.8 Å². The highest BCUT2D eigenvalue weighted by Gasteiger charge is 2.16. The number of carbonyl (C=O) groups is 1. The van der Waals surface area contributed by atoms with Crippen molar-refractivity contribution in [1.82, 2.24) is 10.6 Å². The maximum atomic E-state index is 13.2. The van der Waals surface area contributed by atoms with Gasteiger partial charge in [0.25, 0.3) is 0 Å². The summed E-state index contributed by atoms with van der Waals surface area (Å²) in [6.45, 7) is 6.46. The molecule has 2 N–H and O–H groups in total. The van der Waals surface area contributed by atoms with Gasteiger partial charge in [-0.3, -0.25) is 10.1 Å². The first-order valence-corrected chi connectivity index (χ1v) is 7.23. The van der Waals surface area contributed by atoms with Crippen LogP contribution in [0.2, 0.25) is 0 Å². The molecule has 0 bridgehead atoms. The van der Waals surface area contributed by atoms with Crippen molar-refractivity contribution < 1.29 is 9.18 Å². The third-order valence-electron chi connectivity index (χ3n) is 2.89. The topological polar surface area (TPSA) is 41.1 Å². The van der Waals surface area contributed by atoms with Gasteiger partial charge in [-0.05, 0) is 53.9 Å². The smallest absolute Gasteiger partial charge is 0.236 e. The van der Waals surface area contributed by atoms with Gasteiger partial charge in [0, 0.05) is 12.6 Å². The molecular weight excluding hydrogens is 311 g/mol. The highest BCUT2D eigenvalue weighted by atomic mass is 79.9. The van der Waals surface area contributed by atoms with Crippen LogP contribution in [0.5, 0.6) is 0 Å². The monoisotopic (exact) mass is 330 g/mol. The minimum absolute atomic E-state index is 0.0186. The highest BCUT2D eigenvalue weighted by molar-refractivity contribution is 9.10. The van der Waals surface area contributed by atoms with Gasteiger partial charge < -0.3 is 5.32 Å². The molecule has 1 amide bonds. The molecule has 0 aromatic heterocycles. The largest absolute Gasteiger partial charge is 0.355 e. The van der Waals surface area contributed by atoms with Crippen LogP contribution in [-0.2, 0) is 4.79 Å². The normalized spacial score (nSPS) is 13.9. The van der Waals surface area contributed by atoms with Gasteiger partial charge in [0.15, 0.2) is 0 Å².